The largest absolute Gasteiger partial charge is 0.416 e. The van der Waals surface area contributed by atoms with Gasteiger partial charge in [0.05, 0.1) is 12.1 Å². The van der Waals surface area contributed by atoms with E-state index in [0.717, 1.165) is 63.3 Å². The fourth-order valence-corrected chi connectivity index (χ4v) is 4.19. The number of fused-ring (bicyclic) bond motifs is 1. The first-order chi connectivity index (χ1) is 12.9. The first-order valence-electron chi connectivity index (χ1n) is 9.12. The summed E-state index contributed by atoms with van der Waals surface area (Å²) < 4.78 is 41.2. The van der Waals surface area contributed by atoms with Crippen LogP contribution in [-0.4, -0.2) is 39.3 Å². The summed E-state index contributed by atoms with van der Waals surface area (Å²) in [7, 11) is 0. The summed E-state index contributed by atoms with van der Waals surface area (Å²) in [4.78, 5) is 2.18. The average molecular weight is 400 g/mol. The van der Waals surface area contributed by atoms with Crippen molar-refractivity contribution in [3.8, 4) is 0 Å². The second-order valence-electron chi connectivity index (χ2n) is 7.20. The SMILES string of the molecule is FC(F)(F)c1cc(Cl)cc(CN2CCC(c3nnc4n3CCNC4)CC2)c1. The van der Waals surface area contributed by atoms with Gasteiger partial charge in [-0.15, -0.1) is 10.2 Å². The zero-order valence-corrected chi connectivity index (χ0v) is 15.5. The van der Waals surface area contributed by atoms with Crippen molar-refractivity contribution in [2.45, 2.75) is 44.6 Å². The molecule has 0 atom stereocenters. The molecule has 0 spiro atoms. The third kappa shape index (κ3) is 4.12. The van der Waals surface area contributed by atoms with Crippen molar-refractivity contribution in [2.75, 3.05) is 19.6 Å². The van der Waals surface area contributed by atoms with E-state index in [1.165, 1.54) is 6.07 Å². The minimum absolute atomic E-state index is 0.124. The molecule has 0 unspecified atom stereocenters. The molecule has 2 aliphatic rings. The Labute approximate surface area is 160 Å². The monoisotopic (exact) mass is 399 g/mol. The van der Waals surface area contributed by atoms with Crippen LogP contribution in [-0.2, 0) is 25.8 Å². The van der Waals surface area contributed by atoms with Crippen molar-refractivity contribution in [1.82, 2.24) is 25.0 Å². The number of benzene rings is 1. The molecule has 0 saturated carbocycles. The van der Waals surface area contributed by atoms with Gasteiger partial charge < -0.3 is 9.88 Å². The number of nitrogens with one attached hydrogen (secondary N) is 1. The van der Waals surface area contributed by atoms with Crippen LogP contribution >= 0.6 is 11.6 Å². The number of hydrogen-bond acceptors (Lipinski definition) is 4. The van der Waals surface area contributed by atoms with E-state index in [9.17, 15) is 13.2 Å². The summed E-state index contributed by atoms with van der Waals surface area (Å²) in [6.45, 7) is 4.67. The summed E-state index contributed by atoms with van der Waals surface area (Å²) in [6, 6.07) is 3.78. The minimum atomic E-state index is -4.38. The quantitative estimate of drug-likeness (QED) is 0.859. The van der Waals surface area contributed by atoms with Gasteiger partial charge in [0, 0.05) is 30.6 Å². The maximum absolute atomic E-state index is 13.0. The molecule has 9 heteroatoms. The second-order valence-corrected chi connectivity index (χ2v) is 7.64. The average Bonchev–Trinajstić information content (AvgIpc) is 3.05. The van der Waals surface area contributed by atoms with Gasteiger partial charge in [0.2, 0.25) is 0 Å². The molecule has 0 bridgehead atoms. The van der Waals surface area contributed by atoms with E-state index < -0.39 is 11.7 Å². The summed E-state index contributed by atoms with van der Waals surface area (Å²) in [6.07, 6.45) is -2.52. The Kier molecular flexibility index (Phi) is 5.13. The summed E-state index contributed by atoms with van der Waals surface area (Å²) >= 11 is 5.89. The molecule has 1 aromatic carbocycles. The van der Waals surface area contributed by atoms with Gasteiger partial charge in [0.25, 0.3) is 0 Å². The Balaban J connectivity index is 1.40. The van der Waals surface area contributed by atoms with Crippen LogP contribution in [0.4, 0.5) is 13.2 Å². The highest BCUT2D eigenvalue weighted by molar-refractivity contribution is 6.30. The minimum Gasteiger partial charge on any atom is -0.312 e. The molecule has 0 amide bonds. The number of halogens is 4. The standard InChI is InChI=1S/C18H21ClF3N5/c19-15-8-12(7-14(9-15)18(20,21)22)11-26-4-1-13(2-5-26)17-25-24-16-10-23-3-6-27(16)17/h7-9,13,23H,1-6,10-11H2. The molecule has 27 heavy (non-hydrogen) atoms. The van der Waals surface area contributed by atoms with Crippen molar-refractivity contribution in [1.29, 1.82) is 0 Å². The van der Waals surface area contributed by atoms with Crippen molar-refractivity contribution in [2.24, 2.45) is 0 Å². The number of piperidine rings is 1. The third-order valence-corrected chi connectivity index (χ3v) is 5.51. The topological polar surface area (TPSA) is 46.0 Å². The third-order valence-electron chi connectivity index (χ3n) is 5.30. The van der Waals surface area contributed by atoms with E-state index in [-0.39, 0.29) is 5.02 Å². The lowest BCUT2D eigenvalue weighted by molar-refractivity contribution is -0.137. The number of aromatic nitrogens is 3. The molecule has 1 fully saturated rings. The van der Waals surface area contributed by atoms with E-state index >= 15 is 0 Å². The van der Waals surface area contributed by atoms with E-state index in [2.05, 4.69) is 25.0 Å². The molecule has 5 nitrogen and oxygen atoms in total. The molecule has 1 N–H and O–H groups in total. The molecular formula is C18H21ClF3N5. The molecule has 0 radical (unpaired) electrons. The van der Waals surface area contributed by atoms with Crippen molar-refractivity contribution in [3.05, 3.63) is 46.0 Å². The summed E-state index contributed by atoms with van der Waals surface area (Å²) in [5.41, 5.74) is -0.0946. The van der Waals surface area contributed by atoms with Crippen molar-refractivity contribution < 1.29 is 13.2 Å². The predicted molar refractivity (Wildman–Crippen MR) is 95.4 cm³/mol. The van der Waals surface area contributed by atoms with E-state index in [0.29, 0.717) is 18.0 Å². The maximum atomic E-state index is 13.0. The zero-order valence-electron chi connectivity index (χ0n) is 14.8. The lowest BCUT2D eigenvalue weighted by Crippen LogP contribution is -2.34. The van der Waals surface area contributed by atoms with E-state index in [1.807, 2.05) is 0 Å². The van der Waals surface area contributed by atoms with Crippen LogP contribution < -0.4 is 5.32 Å². The van der Waals surface area contributed by atoms with Gasteiger partial charge in [0.15, 0.2) is 0 Å². The molecule has 4 rings (SSSR count). The Morgan fingerprint density at radius 2 is 1.89 bits per heavy atom. The molecule has 1 saturated heterocycles. The molecule has 1 aromatic heterocycles. The van der Waals surface area contributed by atoms with Crippen LogP contribution in [0.5, 0.6) is 0 Å². The van der Waals surface area contributed by atoms with Crippen molar-refractivity contribution >= 4 is 11.6 Å². The number of alkyl halides is 3. The maximum Gasteiger partial charge on any atom is 0.416 e. The van der Waals surface area contributed by atoms with Gasteiger partial charge in [0.1, 0.15) is 11.6 Å². The first-order valence-corrected chi connectivity index (χ1v) is 9.49. The first kappa shape index (κ1) is 18.7. The molecular weight excluding hydrogens is 379 g/mol. The second kappa shape index (κ2) is 7.41. The number of rotatable bonds is 3. The van der Waals surface area contributed by atoms with Gasteiger partial charge in [-0.3, -0.25) is 4.90 Å². The highest BCUT2D eigenvalue weighted by Crippen LogP contribution is 2.33. The van der Waals surface area contributed by atoms with Gasteiger partial charge in [-0.25, -0.2) is 0 Å². The Morgan fingerprint density at radius 1 is 1.11 bits per heavy atom. The molecule has 3 heterocycles. The van der Waals surface area contributed by atoms with Crippen molar-refractivity contribution in [3.63, 3.8) is 0 Å². The Morgan fingerprint density at radius 3 is 2.63 bits per heavy atom. The highest BCUT2D eigenvalue weighted by Gasteiger charge is 2.32. The van der Waals surface area contributed by atoms with Gasteiger partial charge >= 0.3 is 6.18 Å². The van der Waals surface area contributed by atoms with Crippen LogP contribution in [0, 0.1) is 0 Å². The number of likely N-dealkylation sites (tertiary alicyclic amines) is 1. The lowest BCUT2D eigenvalue weighted by Gasteiger charge is -2.32. The highest BCUT2D eigenvalue weighted by atomic mass is 35.5. The predicted octanol–water partition coefficient (Wildman–Crippen LogP) is 3.43. The molecule has 0 aliphatic carbocycles. The van der Waals surface area contributed by atoms with Gasteiger partial charge in [-0.05, 0) is 49.7 Å². The molecule has 146 valence electrons. The van der Waals surface area contributed by atoms with E-state index in [4.69, 9.17) is 11.6 Å². The lowest BCUT2D eigenvalue weighted by atomic mass is 9.95. The van der Waals surface area contributed by atoms with Gasteiger partial charge in [-0.2, -0.15) is 13.2 Å². The summed E-state index contributed by atoms with van der Waals surface area (Å²) in [5, 5.41) is 12.1. The molecule has 2 aliphatic heterocycles. The smallest absolute Gasteiger partial charge is 0.312 e. The van der Waals surface area contributed by atoms with Crippen LogP contribution in [0.15, 0.2) is 18.2 Å². The fraction of sp³-hybridized carbons (Fsp3) is 0.556. The normalized spacial score (nSPS) is 19.3. The summed E-state index contributed by atoms with van der Waals surface area (Å²) in [5.74, 6) is 2.39. The Bertz CT molecular complexity index is 812. The van der Waals surface area contributed by atoms with Crippen LogP contribution in [0.25, 0.3) is 0 Å². The number of hydrogen-bond donors (Lipinski definition) is 1. The Hall–Kier alpha value is -1.64. The van der Waals surface area contributed by atoms with Gasteiger partial charge in [-0.1, -0.05) is 11.6 Å². The van der Waals surface area contributed by atoms with Crippen LogP contribution in [0.2, 0.25) is 5.02 Å². The van der Waals surface area contributed by atoms with E-state index in [1.54, 1.807) is 6.07 Å². The zero-order chi connectivity index (χ0) is 19.0. The van der Waals surface area contributed by atoms with Crippen LogP contribution in [0.1, 0.15) is 41.5 Å². The fourth-order valence-electron chi connectivity index (χ4n) is 3.93. The van der Waals surface area contributed by atoms with Crippen LogP contribution in [0.3, 0.4) is 0 Å². The molecule has 2 aromatic rings. The number of nitrogens with zero attached hydrogens (tertiary/aromatic N) is 4.